The molecule has 3 N–H and O–H groups in total. The number of benzene rings is 1. The average Bonchev–Trinajstić information content (AvgIpc) is 2.29. The number of nitrogens with one attached hydrogen (secondary N) is 1. The smallest absolute Gasteiger partial charge is 0.248 e. The minimum Gasteiger partial charge on any atom is -0.380 e. The molecule has 1 aromatic carbocycles. The third-order valence-corrected chi connectivity index (χ3v) is 3.18. The number of anilines is 1. The summed E-state index contributed by atoms with van der Waals surface area (Å²) in [5, 5.41) is 3.47. The average molecular weight is 220 g/mol. The topological polar surface area (TPSA) is 55.1 Å². The number of nitrogens with two attached hydrogens (primary N) is 1. The molecule has 1 rings (SSSR count). The van der Waals surface area contributed by atoms with Gasteiger partial charge in [0.25, 0.3) is 0 Å². The van der Waals surface area contributed by atoms with Gasteiger partial charge in [0.15, 0.2) is 0 Å². The molecule has 0 unspecified atom stereocenters. The first-order valence-corrected chi connectivity index (χ1v) is 5.69. The van der Waals surface area contributed by atoms with Crippen LogP contribution in [0.3, 0.4) is 0 Å². The summed E-state index contributed by atoms with van der Waals surface area (Å²) in [7, 11) is 0. The molecule has 0 atom stereocenters. The Morgan fingerprint density at radius 2 is 1.75 bits per heavy atom. The molecule has 1 amide bonds. The lowest BCUT2D eigenvalue weighted by Crippen LogP contribution is -2.32. The van der Waals surface area contributed by atoms with E-state index < -0.39 is 0 Å². The molecule has 0 aliphatic heterocycles. The van der Waals surface area contributed by atoms with E-state index >= 15 is 0 Å². The van der Waals surface area contributed by atoms with Crippen molar-refractivity contribution in [2.24, 2.45) is 5.73 Å². The van der Waals surface area contributed by atoms with Crippen LogP contribution < -0.4 is 11.1 Å². The zero-order valence-electron chi connectivity index (χ0n) is 10.2. The molecule has 0 heterocycles. The van der Waals surface area contributed by atoms with E-state index in [1.54, 1.807) is 12.1 Å². The Bertz CT molecular complexity index is 353. The summed E-state index contributed by atoms with van der Waals surface area (Å²) in [5.41, 5.74) is 6.86. The van der Waals surface area contributed by atoms with Gasteiger partial charge in [-0.05, 0) is 44.0 Å². The lowest BCUT2D eigenvalue weighted by atomic mass is 9.95. The van der Waals surface area contributed by atoms with Crippen LogP contribution in [0, 0.1) is 0 Å². The molecule has 3 heteroatoms. The van der Waals surface area contributed by atoms with E-state index in [1.807, 2.05) is 12.1 Å². The van der Waals surface area contributed by atoms with Crippen molar-refractivity contribution in [3.05, 3.63) is 29.8 Å². The van der Waals surface area contributed by atoms with Crippen molar-refractivity contribution in [1.82, 2.24) is 0 Å². The van der Waals surface area contributed by atoms with E-state index in [0.717, 1.165) is 18.5 Å². The van der Waals surface area contributed by atoms with Crippen molar-refractivity contribution in [3.8, 4) is 0 Å². The van der Waals surface area contributed by atoms with Gasteiger partial charge >= 0.3 is 0 Å². The molecule has 0 fully saturated rings. The van der Waals surface area contributed by atoms with Crippen LogP contribution in [0.1, 0.15) is 44.0 Å². The second-order valence-corrected chi connectivity index (χ2v) is 4.33. The maximum absolute atomic E-state index is 10.9. The highest BCUT2D eigenvalue weighted by molar-refractivity contribution is 5.93. The van der Waals surface area contributed by atoms with Crippen LogP contribution in [0.2, 0.25) is 0 Å². The molecule has 1 aromatic rings. The molecule has 0 bridgehead atoms. The Balaban J connectivity index is 2.79. The second kappa shape index (κ2) is 5.01. The van der Waals surface area contributed by atoms with Gasteiger partial charge in [-0.1, -0.05) is 13.8 Å². The van der Waals surface area contributed by atoms with Crippen LogP contribution in [0.15, 0.2) is 24.3 Å². The minimum atomic E-state index is -0.389. The van der Waals surface area contributed by atoms with Gasteiger partial charge in [0.1, 0.15) is 0 Å². The largest absolute Gasteiger partial charge is 0.380 e. The summed E-state index contributed by atoms with van der Waals surface area (Å²) in [6, 6.07) is 7.28. The number of primary amides is 1. The van der Waals surface area contributed by atoms with Gasteiger partial charge in [-0.15, -0.1) is 0 Å². The number of rotatable bonds is 5. The van der Waals surface area contributed by atoms with Crippen molar-refractivity contribution in [1.29, 1.82) is 0 Å². The molecule has 88 valence electrons. The first kappa shape index (κ1) is 12.6. The summed E-state index contributed by atoms with van der Waals surface area (Å²) >= 11 is 0. The Labute approximate surface area is 97.0 Å². The fourth-order valence-corrected chi connectivity index (χ4v) is 1.49. The summed E-state index contributed by atoms with van der Waals surface area (Å²) < 4.78 is 0. The van der Waals surface area contributed by atoms with Crippen LogP contribution in [0.5, 0.6) is 0 Å². The molecular formula is C13H20N2O. The minimum absolute atomic E-state index is 0.105. The maximum Gasteiger partial charge on any atom is 0.248 e. The van der Waals surface area contributed by atoms with E-state index in [0.29, 0.717) is 5.56 Å². The zero-order valence-corrected chi connectivity index (χ0v) is 10.2. The van der Waals surface area contributed by atoms with Crippen molar-refractivity contribution in [2.75, 3.05) is 5.32 Å². The Hall–Kier alpha value is -1.51. The molecule has 0 saturated carbocycles. The van der Waals surface area contributed by atoms with Crippen LogP contribution >= 0.6 is 0 Å². The van der Waals surface area contributed by atoms with Gasteiger partial charge in [0.2, 0.25) is 5.91 Å². The Morgan fingerprint density at radius 1 is 1.25 bits per heavy atom. The standard InChI is InChI=1S/C13H20N2O/c1-4-13(3,5-2)15-11-8-6-10(7-9-11)12(14)16/h6-9,15H,4-5H2,1-3H3,(H2,14,16). The van der Waals surface area contributed by atoms with Crippen molar-refractivity contribution in [3.63, 3.8) is 0 Å². The molecule has 0 spiro atoms. The third kappa shape index (κ3) is 2.99. The highest BCUT2D eigenvalue weighted by Crippen LogP contribution is 2.21. The monoisotopic (exact) mass is 220 g/mol. The first-order chi connectivity index (χ1) is 7.50. The number of carbonyl (C=O) groups is 1. The van der Waals surface area contributed by atoms with Gasteiger partial charge < -0.3 is 11.1 Å². The van der Waals surface area contributed by atoms with Crippen LogP contribution in [-0.4, -0.2) is 11.4 Å². The first-order valence-electron chi connectivity index (χ1n) is 5.69. The fraction of sp³-hybridized carbons (Fsp3) is 0.462. The van der Waals surface area contributed by atoms with Crippen LogP contribution in [-0.2, 0) is 0 Å². The molecule has 0 saturated heterocycles. The van der Waals surface area contributed by atoms with Crippen molar-refractivity contribution >= 4 is 11.6 Å². The fourth-order valence-electron chi connectivity index (χ4n) is 1.49. The van der Waals surface area contributed by atoms with Crippen LogP contribution in [0.25, 0.3) is 0 Å². The number of hydrogen-bond donors (Lipinski definition) is 2. The molecule has 0 aliphatic rings. The van der Waals surface area contributed by atoms with E-state index in [4.69, 9.17) is 5.73 Å². The summed E-state index contributed by atoms with van der Waals surface area (Å²) in [6.45, 7) is 6.51. The molecule has 0 aromatic heterocycles. The van der Waals surface area contributed by atoms with E-state index in [2.05, 4.69) is 26.1 Å². The lowest BCUT2D eigenvalue weighted by molar-refractivity contribution is 0.100. The highest BCUT2D eigenvalue weighted by Gasteiger charge is 2.18. The summed E-state index contributed by atoms with van der Waals surface area (Å²) in [6.07, 6.45) is 2.11. The van der Waals surface area contributed by atoms with Crippen LogP contribution in [0.4, 0.5) is 5.69 Å². The molecule has 0 aliphatic carbocycles. The van der Waals surface area contributed by atoms with Gasteiger partial charge in [-0.3, -0.25) is 4.79 Å². The lowest BCUT2D eigenvalue weighted by Gasteiger charge is -2.29. The molecule has 0 radical (unpaired) electrons. The number of carbonyl (C=O) groups excluding carboxylic acids is 1. The van der Waals surface area contributed by atoms with Gasteiger partial charge in [-0.2, -0.15) is 0 Å². The molecule has 3 nitrogen and oxygen atoms in total. The van der Waals surface area contributed by atoms with E-state index in [9.17, 15) is 4.79 Å². The van der Waals surface area contributed by atoms with Crippen molar-refractivity contribution in [2.45, 2.75) is 39.2 Å². The number of amides is 1. The normalized spacial score (nSPS) is 11.2. The predicted octanol–water partition coefficient (Wildman–Crippen LogP) is 2.78. The zero-order chi connectivity index (χ0) is 12.2. The van der Waals surface area contributed by atoms with Gasteiger partial charge in [0, 0.05) is 16.8 Å². The second-order valence-electron chi connectivity index (χ2n) is 4.33. The molecule has 16 heavy (non-hydrogen) atoms. The van der Waals surface area contributed by atoms with Gasteiger partial charge in [-0.25, -0.2) is 0 Å². The number of hydrogen-bond acceptors (Lipinski definition) is 2. The summed E-state index contributed by atoms with van der Waals surface area (Å²) in [4.78, 5) is 10.9. The Morgan fingerprint density at radius 3 is 2.12 bits per heavy atom. The summed E-state index contributed by atoms with van der Waals surface area (Å²) in [5.74, 6) is -0.389. The predicted molar refractivity (Wildman–Crippen MR) is 67.6 cm³/mol. The van der Waals surface area contributed by atoms with E-state index in [-0.39, 0.29) is 11.4 Å². The third-order valence-electron chi connectivity index (χ3n) is 3.18. The Kier molecular flexibility index (Phi) is 3.93. The van der Waals surface area contributed by atoms with Crippen molar-refractivity contribution < 1.29 is 4.79 Å². The van der Waals surface area contributed by atoms with Gasteiger partial charge in [0.05, 0.1) is 0 Å². The molecular weight excluding hydrogens is 200 g/mol. The maximum atomic E-state index is 10.9. The SMILES string of the molecule is CCC(C)(CC)Nc1ccc(C(N)=O)cc1. The van der Waals surface area contributed by atoms with E-state index in [1.165, 1.54) is 0 Å². The highest BCUT2D eigenvalue weighted by atomic mass is 16.1. The quantitative estimate of drug-likeness (QED) is 0.801.